The third-order valence-electron chi connectivity index (χ3n) is 6.49. The van der Waals surface area contributed by atoms with Crippen LogP contribution in [-0.2, 0) is 44.3 Å². The number of benzene rings is 1. The highest BCUT2D eigenvalue weighted by Gasteiger charge is 2.23. The van der Waals surface area contributed by atoms with E-state index >= 15 is 0 Å². The molecule has 0 aliphatic heterocycles. The highest BCUT2D eigenvalue weighted by molar-refractivity contribution is 7.86. The number of hydrogen-bond acceptors (Lipinski definition) is 11. The van der Waals surface area contributed by atoms with Crippen molar-refractivity contribution in [3.8, 4) is 5.75 Å². The number of aliphatic carboxylic acids is 2. The molecular formula is C32H47N4O12PS. The van der Waals surface area contributed by atoms with Crippen molar-refractivity contribution in [3.05, 3.63) is 48.2 Å². The van der Waals surface area contributed by atoms with E-state index in [2.05, 4.69) is 20.3 Å². The first-order chi connectivity index (χ1) is 23.8. The molecule has 18 heteroatoms. The lowest BCUT2D eigenvalue weighted by atomic mass is 9.90. The Labute approximate surface area is 295 Å². The Hall–Kier alpha value is -3.73. The highest BCUT2D eigenvalue weighted by atomic mass is 32.2. The van der Waals surface area contributed by atoms with E-state index in [1.54, 1.807) is 36.4 Å². The molecule has 0 saturated heterocycles. The zero-order chi connectivity index (χ0) is 36.8. The van der Waals surface area contributed by atoms with Crippen molar-refractivity contribution in [2.45, 2.75) is 31.6 Å². The Morgan fingerprint density at radius 3 is 2.04 bits per heavy atom. The van der Waals surface area contributed by atoms with Crippen molar-refractivity contribution in [2.75, 3.05) is 83.5 Å². The fourth-order valence-corrected chi connectivity index (χ4v) is 6.84. The Kier molecular flexibility index (Phi) is 20.1. The predicted octanol–water partition coefficient (Wildman–Crippen LogP) is 2.51. The fourth-order valence-electron chi connectivity index (χ4n) is 4.12. The molecule has 2 aromatic rings. The lowest BCUT2D eigenvalue weighted by molar-refractivity contribution is -0.143. The molecule has 1 aromatic carbocycles. The van der Waals surface area contributed by atoms with Crippen molar-refractivity contribution >= 4 is 48.7 Å². The number of carboxylic acid groups (broad SMARTS) is 2. The highest BCUT2D eigenvalue weighted by Crippen LogP contribution is 2.42. The maximum atomic E-state index is 12.8. The van der Waals surface area contributed by atoms with Crippen molar-refractivity contribution in [3.63, 3.8) is 0 Å². The quantitative estimate of drug-likeness (QED) is 0.0657. The van der Waals surface area contributed by atoms with E-state index in [0.717, 1.165) is 6.16 Å². The number of carboxylic acids is 2. The number of nitrogens with one attached hydrogen (secondary N) is 3. The summed E-state index contributed by atoms with van der Waals surface area (Å²) in [7, 11) is -2.43. The Bertz CT molecular complexity index is 1370. The third kappa shape index (κ3) is 19.5. The number of pyridine rings is 1. The summed E-state index contributed by atoms with van der Waals surface area (Å²) in [6.07, 6.45) is 2.80. The molecule has 1 heterocycles. The minimum atomic E-state index is -1.60. The molecule has 0 saturated carbocycles. The molecule has 2 rings (SSSR count). The average Bonchev–Trinajstić information content (AvgIpc) is 3.06. The molecule has 2 atom stereocenters. The van der Waals surface area contributed by atoms with Gasteiger partial charge in [0.1, 0.15) is 24.8 Å². The second-order valence-corrected chi connectivity index (χ2v) is 14.5. The van der Waals surface area contributed by atoms with Crippen LogP contribution in [0.2, 0.25) is 0 Å². The maximum Gasteiger partial charge on any atom is 0.329 e. The van der Waals surface area contributed by atoms with Gasteiger partial charge in [0, 0.05) is 31.9 Å². The standard InChI is InChI=1S/C32H47N4O12PS/c1-32(2,11-10-29(38)39)23-49(3)48-25-5-7-26(8-6-25)50(43)36-27-9-4-24(20-35-27)31(42)34-13-15-45-16-18-46-21-28(37)33-12-14-44-17-19-47-22-30(40)41/h4-9,20H,10-19,21-23H2,1-3H3,(H,33,37)(H,34,42)(H,35,36)(H,38,39)(H,40,41). The summed E-state index contributed by atoms with van der Waals surface area (Å²) in [6, 6.07) is 9.98. The van der Waals surface area contributed by atoms with Crippen LogP contribution in [0.25, 0.3) is 0 Å². The van der Waals surface area contributed by atoms with E-state index in [4.69, 9.17) is 33.7 Å². The molecule has 0 spiro atoms. The van der Waals surface area contributed by atoms with Gasteiger partial charge in [0.2, 0.25) is 5.91 Å². The van der Waals surface area contributed by atoms with Crippen molar-refractivity contribution in [2.24, 2.45) is 5.41 Å². The zero-order valence-corrected chi connectivity index (χ0v) is 30.2. The van der Waals surface area contributed by atoms with Gasteiger partial charge >= 0.3 is 11.9 Å². The first-order valence-electron chi connectivity index (χ1n) is 15.8. The number of carbonyl (C=O) groups is 4. The number of amides is 2. The molecular weight excluding hydrogens is 695 g/mol. The molecule has 1 aromatic heterocycles. The molecule has 0 aliphatic carbocycles. The predicted molar refractivity (Wildman–Crippen MR) is 186 cm³/mol. The van der Waals surface area contributed by atoms with E-state index in [-0.39, 0.29) is 89.6 Å². The number of rotatable bonds is 27. The molecule has 2 unspecified atom stereocenters. The van der Waals surface area contributed by atoms with Crippen LogP contribution in [0, 0.1) is 5.41 Å². The van der Waals surface area contributed by atoms with E-state index in [0.29, 0.717) is 28.4 Å². The summed E-state index contributed by atoms with van der Waals surface area (Å²) in [5, 5.41) is 22.7. The van der Waals surface area contributed by atoms with Crippen LogP contribution in [0.1, 0.15) is 37.0 Å². The third-order valence-corrected chi connectivity index (χ3v) is 9.41. The molecule has 0 radical (unpaired) electrons. The van der Waals surface area contributed by atoms with Crippen molar-refractivity contribution in [1.82, 2.24) is 15.6 Å². The molecule has 0 fully saturated rings. The number of anilines is 1. The molecule has 0 aliphatic rings. The van der Waals surface area contributed by atoms with Gasteiger partial charge in [-0.25, -0.2) is 14.0 Å². The number of ether oxygens (including phenoxy) is 4. The van der Waals surface area contributed by atoms with E-state index in [9.17, 15) is 23.4 Å². The monoisotopic (exact) mass is 742 g/mol. The first-order valence-corrected chi connectivity index (χ1v) is 18.8. The second kappa shape index (κ2) is 23.6. The summed E-state index contributed by atoms with van der Waals surface area (Å²) in [6.45, 7) is 7.32. The van der Waals surface area contributed by atoms with E-state index in [1.165, 1.54) is 6.20 Å². The smallest absolute Gasteiger partial charge is 0.329 e. The molecule has 5 N–H and O–H groups in total. The molecule has 50 heavy (non-hydrogen) atoms. The summed E-state index contributed by atoms with van der Waals surface area (Å²) in [4.78, 5) is 50.1. The fraction of sp³-hybridized carbons (Fsp3) is 0.531. The number of hydrogen-bond donors (Lipinski definition) is 5. The Morgan fingerprint density at radius 1 is 0.820 bits per heavy atom. The largest absolute Gasteiger partial charge is 0.481 e. The van der Waals surface area contributed by atoms with Crippen LogP contribution < -0.4 is 19.9 Å². The molecule has 278 valence electrons. The van der Waals surface area contributed by atoms with Gasteiger partial charge in [-0.3, -0.25) is 19.1 Å². The van der Waals surface area contributed by atoms with Gasteiger partial charge in [-0.1, -0.05) is 13.8 Å². The Balaban J connectivity index is 1.57. The number of aromatic nitrogens is 1. The first kappa shape index (κ1) is 42.4. The normalized spacial score (nSPS) is 12.5. The number of nitrogens with zero attached hydrogens (tertiary/aromatic N) is 1. The van der Waals surface area contributed by atoms with Crippen molar-refractivity contribution in [1.29, 1.82) is 0 Å². The van der Waals surface area contributed by atoms with Crippen LogP contribution in [0.4, 0.5) is 5.82 Å². The minimum absolute atomic E-state index is 0.118. The second-order valence-electron chi connectivity index (χ2n) is 11.5. The topological polar surface area (TPSA) is 221 Å². The summed E-state index contributed by atoms with van der Waals surface area (Å²) in [5.41, 5.74) is 0.156. The minimum Gasteiger partial charge on any atom is -0.481 e. The van der Waals surface area contributed by atoms with Gasteiger partial charge in [0.05, 0.1) is 58.2 Å². The lowest BCUT2D eigenvalue weighted by Crippen LogP contribution is -2.31. The van der Waals surface area contributed by atoms with E-state index < -0.39 is 31.1 Å². The zero-order valence-electron chi connectivity index (χ0n) is 28.5. The lowest BCUT2D eigenvalue weighted by Gasteiger charge is -2.27. The van der Waals surface area contributed by atoms with Crippen LogP contribution in [0.5, 0.6) is 5.75 Å². The average molecular weight is 743 g/mol. The SMILES string of the molecule is CP(CC(C)(C)CCC(=O)O)Oc1ccc(S(=O)Nc2ccc(C(=O)NCCOCCOCC(=O)NCCOCCOCC(=O)O)cn2)cc1. The van der Waals surface area contributed by atoms with E-state index in [1.807, 2.05) is 20.5 Å². The molecule has 16 nitrogen and oxygen atoms in total. The summed E-state index contributed by atoms with van der Waals surface area (Å²) in [5.74, 6) is -1.56. The van der Waals surface area contributed by atoms with Crippen molar-refractivity contribution < 1.29 is 57.1 Å². The van der Waals surface area contributed by atoms with Gasteiger partial charge in [0.25, 0.3) is 5.91 Å². The molecule has 0 bridgehead atoms. The Morgan fingerprint density at radius 2 is 1.44 bits per heavy atom. The van der Waals surface area contributed by atoms with Gasteiger partial charge in [-0.15, -0.1) is 0 Å². The van der Waals surface area contributed by atoms with Gasteiger partial charge in [0.15, 0.2) is 11.0 Å². The van der Waals surface area contributed by atoms with Gasteiger partial charge < -0.3 is 44.3 Å². The number of carbonyl (C=O) groups excluding carboxylic acids is 2. The van der Waals surface area contributed by atoms with Crippen LogP contribution in [0.3, 0.4) is 0 Å². The van der Waals surface area contributed by atoms with Crippen LogP contribution in [0.15, 0.2) is 47.5 Å². The summed E-state index contributed by atoms with van der Waals surface area (Å²) >= 11 is 0. The van der Waals surface area contributed by atoms with Gasteiger partial charge in [-0.05, 0) is 54.9 Å². The maximum absolute atomic E-state index is 12.8. The molecule has 2 amide bonds. The van der Waals surface area contributed by atoms with Crippen LogP contribution in [-0.4, -0.2) is 122 Å². The van der Waals surface area contributed by atoms with Crippen LogP contribution >= 0.6 is 8.15 Å². The summed E-state index contributed by atoms with van der Waals surface area (Å²) < 4.78 is 42.3. The van der Waals surface area contributed by atoms with Gasteiger partial charge in [-0.2, -0.15) is 0 Å².